The van der Waals surface area contributed by atoms with Gasteiger partial charge in [-0.1, -0.05) is 13.8 Å². The lowest BCUT2D eigenvalue weighted by Crippen LogP contribution is -2.74. The van der Waals surface area contributed by atoms with Crippen molar-refractivity contribution in [3.8, 4) is 0 Å². The molecule has 0 aromatic carbocycles. The molecule has 17 heteroatoms. The van der Waals surface area contributed by atoms with E-state index in [1.54, 1.807) is 44.8 Å². The average Bonchev–Trinajstić information content (AvgIpc) is 4.10. The maximum atomic E-state index is 13.1. The number of ether oxygens (including phenoxy) is 8. The molecule has 4 N–H and O–H groups in total. The van der Waals surface area contributed by atoms with Crippen molar-refractivity contribution in [3.05, 3.63) is 0 Å². The summed E-state index contributed by atoms with van der Waals surface area (Å²) in [7, 11) is 3.18. The number of carbonyl (C=O) groups excluding carboxylic acids is 3. The van der Waals surface area contributed by atoms with Crippen LogP contribution in [0.4, 0.5) is 9.59 Å². The zero-order valence-corrected chi connectivity index (χ0v) is 44.9. The number of hydrogen-bond donors (Lipinski definition) is 4. The van der Waals surface area contributed by atoms with Gasteiger partial charge in [0.25, 0.3) is 0 Å². The molecule has 3 aliphatic carbocycles. The quantitative estimate of drug-likeness (QED) is 0.246. The third-order valence-corrected chi connectivity index (χ3v) is 16.4. The highest BCUT2D eigenvalue weighted by Crippen LogP contribution is 2.60. The van der Waals surface area contributed by atoms with Crippen molar-refractivity contribution in [3.63, 3.8) is 0 Å². The number of fused-ring (bicyclic) bond motifs is 2. The Labute approximate surface area is 406 Å². The van der Waals surface area contributed by atoms with E-state index in [9.17, 15) is 29.7 Å². The molecular formula is C51H89N3O14. The molecule has 0 aromatic rings. The van der Waals surface area contributed by atoms with Crippen LogP contribution >= 0.6 is 0 Å². The second kappa shape index (κ2) is 18.1. The van der Waals surface area contributed by atoms with Crippen LogP contribution < -0.4 is 5.32 Å². The monoisotopic (exact) mass is 968 g/mol. The second-order valence-corrected chi connectivity index (χ2v) is 25.3. The largest absolute Gasteiger partial charge is 0.444 e. The summed E-state index contributed by atoms with van der Waals surface area (Å²) in [4.78, 5) is 42.1. The molecule has 0 aromatic heterocycles. The zero-order chi connectivity index (χ0) is 51.4. The first-order chi connectivity index (χ1) is 30.9. The van der Waals surface area contributed by atoms with E-state index in [0.29, 0.717) is 25.6 Å². The minimum atomic E-state index is -1.07. The van der Waals surface area contributed by atoms with Gasteiger partial charge >= 0.3 is 12.2 Å². The van der Waals surface area contributed by atoms with E-state index in [1.165, 1.54) is 0 Å². The molecule has 3 saturated carbocycles. The number of nitrogens with one attached hydrogen (secondary N) is 1. The van der Waals surface area contributed by atoms with E-state index < -0.39 is 87.1 Å². The first-order valence-corrected chi connectivity index (χ1v) is 25.1. The summed E-state index contributed by atoms with van der Waals surface area (Å²) in [6.45, 7) is 33.1. The Morgan fingerprint density at radius 2 is 1.07 bits per heavy atom. The number of aliphatic hydroxyl groups excluding tert-OH is 2. The molecule has 8 rings (SSSR count). The molecule has 5 aliphatic heterocycles. The van der Waals surface area contributed by atoms with Gasteiger partial charge in [0.15, 0.2) is 11.6 Å². The fraction of sp³-hybridized carbons (Fsp3) is 0.941. The Morgan fingerprint density at radius 1 is 0.662 bits per heavy atom. The molecule has 0 radical (unpaired) electrons. The minimum Gasteiger partial charge on any atom is -0.444 e. The van der Waals surface area contributed by atoms with Gasteiger partial charge in [0.1, 0.15) is 46.5 Å². The van der Waals surface area contributed by atoms with Crippen LogP contribution in [0.25, 0.3) is 0 Å². The molecule has 0 bridgehead atoms. The second-order valence-electron chi connectivity index (χ2n) is 25.3. The fourth-order valence-electron chi connectivity index (χ4n) is 12.2. The Kier molecular flexibility index (Phi) is 14.7. The number of ketones is 1. The number of piperidine rings is 3. The van der Waals surface area contributed by atoms with Gasteiger partial charge in [-0.3, -0.25) is 14.6 Å². The van der Waals surface area contributed by atoms with Gasteiger partial charge in [-0.2, -0.15) is 0 Å². The molecule has 3 spiro atoms. The summed E-state index contributed by atoms with van der Waals surface area (Å²) in [6, 6.07) is 0. The average molecular weight is 968 g/mol. The highest BCUT2D eigenvalue weighted by atomic mass is 16.8. The molecule has 5 saturated heterocycles. The smallest absolute Gasteiger partial charge is 0.410 e. The van der Waals surface area contributed by atoms with Crippen LogP contribution in [0.1, 0.15) is 156 Å². The lowest BCUT2D eigenvalue weighted by molar-refractivity contribution is -0.403. The Balaban J connectivity index is 0.000000179. The maximum absolute atomic E-state index is 13.1. The lowest BCUT2D eigenvalue weighted by Gasteiger charge is -2.60. The van der Waals surface area contributed by atoms with Gasteiger partial charge in [0.2, 0.25) is 0 Å². The van der Waals surface area contributed by atoms with Gasteiger partial charge in [-0.05, 0) is 148 Å². The lowest BCUT2D eigenvalue weighted by atomic mass is 9.72. The number of amides is 2. The molecule has 0 unspecified atom stereocenters. The Morgan fingerprint density at radius 3 is 1.43 bits per heavy atom. The van der Waals surface area contributed by atoms with Gasteiger partial charge in [-0.25, -0.2) is 9.59 Å². The van der Waals surface area contributed by atoms with Crippen molar-refractivity contribution < 1.29 is 67.6 Å². The number of methoxy groups -OCH3 is 2. The predicted molar refractivity (Wildman–Crippen MR) is 253 cm³/mol. The Bertz CT molecular complexity index is 1860. The summed E-state index contributed by atoms with van der Waals surface area (Å²) in [5.74, 6) is -2.08. The number of likely N-dealkylation sites (tertiary alicyclic amines) is 2. The van der Waals surface area contributed by atoms with Crippen molar-refractivity contribution in [2.75, 3.05) is 33.9 Å². The summed E-state index contributed by atoms with van der Waals surface area (Å²) in [6.07, 6.45) is 1.91. The molecule has 11 atom stereocenters. The van der Waals surface area contributed by atoms with Gasteiger partial charge in [0, 0.05) is 38.1 Å². The maximum Gasteiger partial charge on any atom is 0.410 e. The zero-order valence-electron chi connectivity index (χ0n) is 44.9. The fourth-order valence-corrected chi connectivity index (χ4v) is 12.2. The van der Waals surface area contributed by atoms with Crippen LogP contribution in [-0.4, -0.2) is 170 Å². The van der Waals surface area contributed by atoms with Crippen LogP contribution in [0.3, 0.4) is 0 Å². The topological polar surface area (TPSA) is 204 Å². The summed E-state index contributed by atoms with van der Waals surface area (Å²) < 4.78 is 48.3. The van der Waals surface area contributed by atoms with Crippen molar-refractivity contribution in [1.82, 2.24) is 15.1 Å². The Hall–Kier alpha value is -2.19. The van der Waals surface area contributed by atoms with E-state index in [0.717, 1.165) is 38.5 Å². The van der Waals surface area contributed by atoms with Crippen molar-refractivity contribution in [2.24, 2.45) is 23.7 Å². The highest BCUT2D eigenvalue weighted by molar-refractivity contribution is 5.83. The van der Waals surface area contributed by atoms with Crippen LogP contribution in [0.15, 0.2) is 0 Å². The standard InChI is InChI=1S/C21H37NO6.C20H33NO6.C10H19NO2/c1-17(2,3)28-16(23)22-12-13-14(15(18(4,5)24)21(22)10-11-21)27-20(8,25-9)19(6,7)26-13;1-12(22)14-15-13(25-18(5,6)19(7,24-8)26-15)11-21(20(14)9-10-20)16(23)27-17(2,3)4;1-6(2)8-9(13)7(12)5-11-10(8)3-4-10/h13-15,24H,10-12H2,1-9H3;13-15H,9-11H2,1-8H3;6-9,11-13H,3-5H2,1-2H3/t13-,14+,15+,20+;13-,14-,15+,19+;7-,8-,9+/m111/s1. The molecule has 392 valence electrons. The van der Waals surface area contributed by atoms with E-state index in [4.69, 9.17) is 37.9 Å². The number of hydrogen-bond acceptors (Lipinski definition) is 15. The molecule has 8 aliphatic rings. The summed E-state index contributed by atoms with van der Waals surface area (Å²) in [5, 5.41) is 33.9. The SMILES string of the molecule is CC(C)[C@@H]1[C@@H](O)[C@H](O)CNC12CC2.CO[C@@]1(C)O[C@@H]2[C@@H](C(C)=O)C3(CC3)N(C(=O)OC(C)(C)C)C[C@H]2OC1(C)C.CO[C@@]1(C)O[C@H]2[C@@H](CN(C(=O)OC(C)(C)C)C3(CC3)[C@@H]2C(C)(C)O)OC1(C)C. The van der Waals surface area contributed by atoms with E-state index >= 15 is 0 Å². The number of aliphatic hydroxyl groups is 3. The van der Waals surface area contributed by atoms with Crippen LogP contribution in [0.2, 0.25) is 0 Å². The number of carbonyl (C=O) groups is 3. The van der Waals surface area contributed by atoms with E-state index in [2.05, 4.69) is 19.2 Å². The molecular weight excluding hydrogens is 879 g/mol. The van der Waals surface area contributed by atoms with Gasteiger partial charge in [0.05, 0.1) is 54.0 Å². The van der Waals surface area contributed by atoms with Crippen molar-refractivity contribution >= 4 is 18.0 Å². The molecule has 17 nitrogen and oxygen atoms in total. The molecule has 68 heavy (non-hydrogen) atoms. The number of rotatable bonds is 5. The first-order valence-electron chi connectivity index (χ1n) is 25.1. The first kappa shape index (κ1) is 55.1. The third-order valence-electron chi connectivity index (χ3n) is 16.4. The molecule has 8 fully saturated rings. The normalized spacial score (nSPS) is 38.0. The number of nitrogens with zero attached hydrogens (tertiary/aromatic N) is 2. The van der Waals surface area contributed by atoms with Crippen LogP contribution in [-0.2, 0) is 42.7 Å². The summed E-state index contributed by atoms with van der Waals surface area (Å²) >= 11 is 0. The van der Waals surface area contributed by atoms with Crippen LogP contribution in [0.5, 0.6) is 0 Å². The van der Waals surface area contributed by atoms with Crippen molar-refractivity contribution in [2.45, 2.75) is 249 Å². The van der Waals surface area contributed by atoms with E-state index in [-0.39, 0.29) is 41.5 Å². The number of β-amino-alcohol motifs (C(OH)–C–C–N with tert-alkyl or cyclic N) is 1. The highest BCUT2D eigenvalue weighted by Gasteiger charge is 2.71. The number of Topliss-reactive ketones (excluding diaryl/α,β-unsaturated/α-hetero) is 1. The molecule has 2 amide bonds. The summed E-state index contributed by atoms with van der Waals surface area (Å²) in [5.41, 5.74) is -4.60. The predicted octanol–water partition coefficient (Wildman–Crippen LogP) is 6.10. The van der Waals surface area contributed by atoms with E-state index in [1.807, 2.05) is 83.1 Å². The molecule has 5 heterocycles. The minimum absolute atomic E-state index is 0.00230. The van der Waals surface area contributed by atoms with Gasteiger partial charge in [-0.15, -0.1) is 0 Å². The van der Waals surface area contributed by atoms with Crippen molar-refractivity contribution in [1.29, 1.82) is 0 Å². The van der Waals surface area contributed by atoms with Gasteiger partial charge < -0.3 is 58.5 Å². The van der Waals surface area contributed by atoms with Crippen LogP contribution in [0, 0.1) is 23.7 Å². The third kappa shape index (κ3) is 10.2.